The summed E-state index contributed by atoms with van der Waals surface area (Å²) in [4.78, 5) is 26.2. The first kappa shape index (κ1) is 11.9. The molecule has 4 rings (SSSR count). The van der Waals surface area contributed by atoms with Crippen molar-refractivity contribution in [1.29, 1.82) is 0 Å². The highest BCUT2D eigenvalue weighted by molar-refractivity contribution is 6.06. The van der Waals surface area contributed by atoms with Crippen LogP contribution in [0.3, 0.4) is 0 Å². The van der Waals surface area contributed by atoms with Crippen molar-refractivity contribution in [3.63, 3.8) is 0 Å². The van der Waals surface area contributed by atoms with E-state index < -0.39 is 0 Å². The Morgan fingerprint density at radius 3 is 2.28 bits per heavy atom. The molecule has 2 amide bonds. The van der Waals surface area contributed by atoms with Gasteiger partial charge in [0.2, 0.25) is 11.8 Å². The lowest BCUT2D eigenvalue weighted by atomic mass is 9.46. The zero-order valence-electron chi connectivity index (χ0n) is 11.6. The lowest BCUT2D eigenvalue weighted by Crippen LogP contribution is -2.53. The lowest BCUT2D eigenvalue weighted by molar-refractivity contribution is -0.139. The van der Waals surface area contributed by atoms with Gasteiger partial charge in [0.15, 0.2) is 0 Å². The number of hydrogen-bond acceptors (Lipinski definition) is 2. The highest BCUT2D eigenvalue weighted by Gasteiger charge is 2.66. The summed E-state index contributed by atoms with van der Waals surface area (Å²) in [7, 11) is 1.64. The number of imide groups is 1. The van der Waals surface area contributed by atoms with Crippen LogP contribution >= 0.6 is 0 Å². The summed E-state index contributed by atoms with van der Waals surface area (Å²) in [5.41, 5.74) is -0.210. The second-order valence-electron chi connectivity index (χ2n) is 6.80. The first-order valence-electron chi connectivity index (χ1n) is 6.85. The zero-order chi connectivity index (χ0) is 13.3. The van der Waals surface area contributed by atoms with Gasteiger partial charge in [-0.3, -0.25) is 14.5 Å². The molecule has 2 fully saturated rings. The molecular formula is C15H21NO2. The topological polar surface area (TPSA) is 37.4 Å². The number of carbonyl (C=O) groups excluding carboxylic acids is 2. The first-order valence-corrected chi connectivity index (χ1v) is 6.85. The molecule has 0 aromatic rings. The maximum atomic E-state index is 12.5. The second kappa shape index (κ2) is 3.25. The fourth-order valence-electron chi connectivity index (χ4n) is 4.37. The molecule has 0 aromatic carbocycles. The van der Waals surface area contributed by atoms with Gasteiger partial charge >= 0.3 is 0 Å². The summed E-state index contributed by atoms with van der Waals surface area (Å²) in [5.74, 6) is 0.208. The van der Waals surface area contributed by atoms with Gasteiger partial charge < -0.3 is 0 Å². The van der Waals surface area contributed by atoms with E-state index in [-0.39, 0.29) is 34.5 Å². The number of amides is 2. The van der Waals surface area contributed by atoms with E-state index in [1.54, 1.807) is 7.05 Å². The van der Waals surface area contributed by atoms with Crippen LogP contribution in [0.1, 0.15) is 33.6 Å². The van der Waals surface area contributed by atoms with Gasteiger partial charge in [0, 0.05) is 12.5 Å². The van der Waals surface area contributed by atoms with Gasteiger partial charge in [-0.2, -0.15) is 0 Å². The molecule has 3 aliphatic carbocycles. The normalized spacial score (nSPS) is 46.2. The number of rotatable bonds is 1. The summed E-state index contributed by atoms with van der Waals surface area (Å²) in [5, 5.41) is 0. The van der Waals surface area contributed by atoms with E-state index in [4.69, 9.17) is 0 Å². The number of likely N-dealkylation sites (tertiary alicyclic amines) is 1. The predicted octanol–water partition coefficient (Wildman–Crippen LogP) is 2.23. The Bertz CT molecular complexity index is 467. The molecule has 4 aliphatic rings. The highest BCUT2D eigenvalue weighted by atomic mass is 16.2. The molecule has 0 aromatic heterocycles. The van der Waals surface area contributed by atoms with E-state index in [0.29, 0.717) is 5.92 Å². The van der Waals surface area contributed by atoms with Crippen LogP contribution in [0.2, 0.25) is 0 Å². The van der Waals surface area contributed by atoms with Gasteiger partial charge in [-0.15, -0.1) is 0 Å². The Morgan fingerprint density at radius 2 is 1.78 bits per heavy atom. The predicted molar refractivity (Wildman–Crippen MR) is 68.5 cm³/mol. The van der Waals surface area contributed by atoms with E-state index in [1.165, 1.54) is 4.90 Å². The molecule has 1 saturated carbocycles. The monoisotopic (exact) mass is 247 g/mol. The minimum atomic E-state index is -0.129. The molecule has 18 heavy (non-hydrogen) atoms. The van der Waals surface area contributed by atoms with Gasteiger partial charge in [-0.1, -0.05) is 32.9 Å². The van der Waals surface area contributed by atoms with E-state index in [1.807, 2.05) is 0 Å². The molecule has 2 bridgehead atoms. The third kappa shape index (κ3) is 1.11. The van der Waals surface area contributed by atoms with E-state index in [9.17, 15) is 9.59 Å². The molecule has 0 unspecified atom stereocenters. The Kier molecular flexibility index (Phi) is 2.16. The van der Waals surface area contributed by atoms with Crippen molar-refractivity contribution in [1.82, 2.24) is 4.90 Å². The fraction of sp³-hybridized carbons (Fsp3) is 0.733. The minimum Gasteiger partial charge on any atom is -0.285 e. The van der Waals surface area contributed by atoms with E-state index >= 15 is 0 Å². The maximum absolute atomic E-state index is 12.5. The van der Waals surface area contributed by atoms with Crippen molar-refractivity contribution >= 4 is 11.8 Å². The lowest BCUT2D eigenvalue weighted by Gasteiger charge is -2.55. The summed E-state index contributed by atoms with van der Waals surface area (Å²) in [6, 6.07) is 0. The minimum absolute atomic E-state index is 0.0292. The fourth-order valence-corrected chi connectivity index (χ4v) is 4.37. The SMILES string of the molecule is CC(C)[C@@]12C=C[C@@](C)(CC1)[C@@H]1C(=O)N(C)C(=O)[C@H]12. The molecular weight excluding hydrogens is 226 g/mol. The molecule has 98 valence electrons. The summed E-state index contributed by atoms with van der Waals surface area (Å²) >= 11 is 0. The molecule has 1 saturated heterocycles. The van der Waals surface area contributed by atoms with Crippen LogP contribution in [-0.4, -0.2) is 23.8 Å². The number of nitrogens with zero attached hydrogens (tertiary/aromatic N) is 1. The third-order valence-electron chi connectivity index (χ3n) is 5.76. The van der Waals surface area contributed by atoms with Crippen molar-refractivity contribution in [3.8, 4) is 0 Å². The number of carbonyl (C=O) groups is 2. The van der Waals surface area contributed by atoms with Crippen molar-refractivity contribution in [2.45, 2.75) is 33.6 Å². The molecule has 1 heterocycles. The summed E-state index contributed by atoms with van der Waals surface area (Å²) in [6.45, 7) is 6.48. The van der Waals surface area contributed by atoms with Crippen molar-refractivity contribution in [3.05, 3.63) is 12.2 Å². The Balaban J connectivity index is 2.19. The third-order valence-corrected chi connectivity index (χ3v) is 5.76. The van der Waals surface area contributed by atoms with Crippen LogP contribution in [0.25, 0.3) is 0 Å². The smallest absolute Gasteiger partial charge is 0.233 e. The molecule has 4 atom stereocenters. The van der Waals surface area contributed by atoms with Crippen LogP contribution in [0.5, 0.6) is 0 Å². The first-order chi connectivity index (χ1) is 8.33. The van der Waals surface area contributed by atoms with E-state index in [2.05, 4.69) is 32.9 Å². The van der Waals surface area contributed by atoms with Crippen molar-refractivity contribution < 1.29 is 9.59 Å². The summed E-state index contributed by atoms with van der Waals surface area (Å²) in [6.07, 6.45) is 6.51. The Morgan fingerprint density at radius 1 is 1.17 bits per heavy atom. The van der Waals surface area contributed by atoms with Gasteiger partial charge in [-0.05, 0) is 24.2 Å². The Labute approximate surface area is 108 Å². The number of fused-ring (bicyclic) bond motifs is 1. The van der Waals surface area contributed by atoms with Crippen LogP contribution in [0.15, 0.2) is 12.2 Å². The molecule has 0 spiro atoms. The Hall–Kier alpha value is -1.12. The zero-order valence-corrected chi connectivity index (χ0v) is 11.6. The average molecular weight is 247 g/mol. The molecule has 3 heteroatoms. The van der Waals surface area contributed by atoms with Crippen LogP contribution < -0.4 is 0 Å². The van der Waals surface area contributed by atoms with Gasteiger partial charge in [0.05, 0.1) is 11.8 Å². The molecule has 0 N–H and O–H groups in total. The molecule has 3 nitrogen and oxygen atoms in total. The maximum Gasteiger partial charge on any atom is 0.233 e. The molecule has 0 radical (unpaired) electrons. The molecule has 1 aliphatic heterocycles. The number of hydrogen-bond donors (Lipinski definition) is 0. The van der Waals surface area contributed by atoms with Crippen LogP contribution in [0.4, 0.5) is 0 Å². The average Bonchev–Trinajstić information content (AvgIpc) is 2.57. The van der Waals surface area contributed by atoms with Crippen molar-refractivity contribution in [2.24, 2.45) is 28.6 Å². The largest absolute Gasteiger partial charge is 0.285 e. The van der Waals surface area contributed by atoms with Gasteiger partial charge in [0.1, 0.15) is 0 Å². The highest BCUT2D eigenvalue weighted by Crippen LogP contribution is 2.63. The van der Waals surface area contributed by atoms with E-state index in [0.717, 1.165) is 12.8 Å². The van der Waals surface area contributed by atoms with Crippen LogP contribution in [0, 0.1) is 28.6 Å². The second-order valence-corrected chi connectivity index (χ2v) is 6.80. The number of allylic oxidation sites excluding steroid dienone is 2. The van der Waals surface area contributed by atoms with Crippen LogP contribution in [-0.2, 0) is 9.59 Å². The van der Waals surface area contributed by atoms with Gasteiger partial charge in [-0.25, -0.2) is 0 Å². The summed E-state index contributed by atoms with van der Waals surface area (Å²) < 4.78 is 0. The van der Waals surface area contributed by atoms with Gasteiger partial charge in [0.25, 0.3) is 0 Å². The van der Waals surface area contributed by atoms with Crippen molar-refractivity contribution in [2.75, 3.05) is 7.05 Å². The standard InChI is InChI=1S/C15H21NO2/c1-9(2)15-7-5-14(3,6-8-15)10-11(15)13(18)16(4)12(10)17/h5,7,9-11H,6,8H2,1-4H3/t10-,11-,14-,15+/m0/s1. The quantitative estimate of drug-likeness (QED) is 0.526.